The van der Waals surface area contributed by atoms with Crippen LogP contribution in [0.15, 0.2) is 29.3 Å². The molecule has 0 unspecified atom stereocenters. The summed E-state index contributed by atoms with van der Waals surface area (Å²) in [7, 11) is 4.28. The minimum atomic E-state index is -4.66. The van der Waals surface area contributed by atoms with Crippen LogP contribution in [0.2, 0.25) is 0 Å². The number of amides is 3. The summed E-state index contributed by atoms with van der Waals surface area (Å²) in [5, 5.41) is 2.33. The van der Waals surface area contributed by atoms with Crippen LogP contribution in [0.1, 0.15) is 36.9 Å². The number of methoxy groups -OCH3 is 1. The van der Waals surface area contributed by atoms with Crippen LogP contribution in [0.3, 0.4) is 0 Å². The third-order valence-corrected chi connectivity index (χ3v) is 7.20. The number of nitrogens with one attached hydrogen (secondary N) is 1. The molecule has 10 nitrogen and oxygen atoms in total. The number of alkyl halides is 3. The van der Waals surface area contributed by atoms with Crippen LogP contribution in [-0.2, 0) is 23.4 Å². The number of piperidine rings is 1. The molecule has 4 rings (SSSR count). The van der Waals surface area contributed by atoms with E-state index in [0.29, 0.717) is 62.5 Å². The van der Waals surface area contributed by atoms with E-state index in [1.807, 2.05) is 0 Å². The van der Waals surface area contributed by atoms with Gasteiger partial charge in [-0.1, -0.05) is 0 Å². The summed E-state index contributed by atoms with van der Waals surface area (Å²) in [6.07, 6.45) is 0.148. The monoisotopic (exact) mass is 522 g/mol. The van der Waals surface area contributed by atoms with Gasteiger partial charge in [0.15, 0.2) is 0 Å². The lowest BCUT2D eigenvalue weighted by molar-refractivity contribution is -0.138. The maximum absolute atomic E-state index is 13.1. The van der Waals surface area contributed by atoms with E-state index in [-0.39, 0.29) is 6.04 Å². The van der Waals surface area contributed by atoms with Gasteiger partial charge < -0.3 is 30.2 Å². The first kappa shape index (κ1) is 26.3. The van der Waals surface area contributed by atoms with Crippen LogP contribution in [0.4, 0.5) is 29.3 Å². The van der Waals surface area contributed by atoms with E-state index in [1.54, 1.807) is 19.3 Å². The number of pyridine rings is 2. The van der Waals surface area contributed by atoms with Crippen LogP contribution in [0.5, 0.6) is 5.75 Å². The minimum absolute atomic E-state index is 0.200. The molecule has 3 amide bonds. The van der Waals surface area contributed by atoms with E-state index in [4.69, 9.17) is 10.5 Å². The number of hydrogen-bond acceptors (Lipinski definition) is 6. The summed E-state index contributed by atoms with van der Waals surface area (Å²) in [5.74, 6) is 0.169. The Labute approximate surface area is 211 Å². The van der Waals surface area contributed by atoms with Crippen molar-refractivity contribution in [2.75, 3.05) is 37.5 Å². The number of aryl methyl sites for hydroxylation is 1. The number of carbonyl (C=O) groups excluding carboxylic acids is 2. The molecule has 3 N–H and O–H groups in total. The molecule has 200 valence electrons. The van der Waals surface area contributed by atoms with E-state index in [1.165, 1.54) is 19.1 Å². The zero-order valence-corrected chi connectivity index (χ0v) is 20.8. The topological polar surface area (TPSA) is 123 Å². The summed E-state index contributed by atoms with van der Waals surface area (Å²) in [6.45, 7) is 1.12. The number of anilines is 2. The number of urea groups is 1. The Bertz CT molecular complexity index is 1270. The smallest absolute Gasteiger partial charge is 0.417 e. The fourth-order valence-electron chi connectivity index (χ4n) is 4.67. The van der Waals surface area contributed by atoms with Crippen molar-refractivity contribution in [2.24, 2.45) is 12.8 Å². The van der Waals surface area contributed by atoms with E-state index in [9.17, 15) is 27.6 Å². The number of aromatic nitrogens is 2. The Balaban J connectivity index is 1.42. The maximum atomic E-state index is 13.1. The van der Waals surface area contributed by atoms with Gasteiger partial charge in [-0.25, -0.2) is 4.79 Å². The van der Waals surface area contributed by atoms with Crippen LogP contribution >= 0.6 is 0 Å². The van der Waals surface area contributed by atoms with E-state index in [2.05, 4.69) is 15.2 Å². The Hall–Kier alpha value is -3.77. The molecule has 0 spiro atoms. The number of nitrogens with zero attached hydrogens (tertiary/aromatic N) is 4. The number of hydrogen-bond donors (Lipinski definition) is 2. The first-order valence-corrected chi connectivity index (χ1v) is 11.8. The number of primary amides is 1. The first-order chi connectivity index (χ1) is 17.4. The van der Waals surface area contributed by atoms with Crippen molar-refractivity contribution >= 4 is 23.3 Å². The zero-order valence-electron chi connectivity index (χ0n) is 20.8. The quantitative estimate of drug-likeness (QED) is 0.601. The van der Waals surface area contributed by atoms with Crippen molar-refractivity contribution in [1.82, 2.24) is 14.5 Å². The summed E-state index contributed by atoms with van der Waals surface area (Å²) >= 11 is 0. The standard InChI is InChI=1S/C24H29F3N6O4/c1-31-13-14(24(25,26)27)10-16(20(31)34)30-22(36)32(2)15-4-8-33(9-5-15)17-12-29-19(11-18(17)37-3)23(6-7-23)21(28)35/h10-13,15H,4-9H2,1-3H3,(H2,28,35)(H,30,36). The molecule has 2 aromatic heterocycles. The molecular weight excluding hydrogens is 493 g/mol. The van der Waals surface area contributed by atoms with Crippen molar-refractivity contribution in [3.05, 3.63) is 46.1 Å². The summed E-state index contributed by atoms with van der Waals surface area (Å²) in [6, 6.07) is 1.52. The average Bonchev–Trinajstić information content (AvgIpc) is 3.67. The van der Waals surface area contributed by atoms with Crippen LogP contribution in [-0.4, -0.2) is 59.7 Å². The van der Waals surface area contributed by atoms with Crippen molar-refractivity contribution in [3.63, 3.8) is 0 Å². The number of halogens is 3. The summed E-state index contributed by atoms with van der Waals surface area (Å²) < 4.78 is 45.8. The lowest BCUT2D eigenvalue weighted by Crippen LogP contribution is -2.47. The second-order valence-corrected chi connectivity index (χ2v) is 9.50. The molecule has 0 bridgehead atoms. The number of ether oxygens (including phenoxy) is 1. The second kappa shape index (κ2) is 9.60. The van der Waals surface area contributed by atoms with Gasteiger partial charge in [0.2, 0.25) is 5.91 Å². The Morgan fingerprint density at radius 2 is 1.89 bits per heavy atom. The molecule has 0 aromatic carbocycles. The molecule has 1 saturated carbocycles. The van der Waals surface area contributed by atoms with Crippen molar-refractivity contribution in [1.29, 1.82) is 0 Å². The van der Waals surface area contributed by atoms with Gasteiger partial charge >= 0.3 is 12.2 Å². The number of rotatable bonds is 6. The molecule has 3 heterocycles. The van der Waals surface area contributed by atoms with E-state index < -0.39 is 40.3 Å². The zero-order chi connectivity index (χ0) is 27.1. The fraction of sp³-hybridized carbons (Fsp3) is 0.500. The number of carbonyl (C=O) groups is 2. The van der Waals surface area contributed by atoms with Gasteiger partial charge in [-0.2, -0.15) is 13.2 Å². The molecule has 1 aliphatic heterocycles. The third-order valence-electron chi connectivity index (χ3n) is 7.20. The predicted molar refractivity (Wildman–Crippen MR) is 130 cm³/mol. The van der Waals surface area contributed by atoms with Gasteiger partial charge in [-0.3, -0.25) is 14.6 Å². The highest BCUT2D eigenvalue weighted by Gasteiger charge is 2.51. The fourth-order valence-corrected chi connectivity index (χ4v) is 4.67. The average molecular weight is 523 g/mol. The second-order valence-electron chi connectivity index (χ2n) is 9.50. The molecule has 1 saturated heterocycles. The Morgan fingerprint density at radius 3 is 2.43 bits per heavy atom. The molecule has 2 fully saturated rings. The molecule has 0 atom stereocenters. The van der Waals surface area contributed by atoms with Gasteiger partial charge in [0, 0.05) is 45.5 Å². The largest absolute Gasteiger partial charge is 0.494 e. The molecule has 1 aliphatic carbocycles. The van der Waals surface area contributed by atoms with E-state index in [0.717, 1.165) is 10.3 Å². The molecule has 37 heavy (non-hydrogen) atoms. The highest BCUT2D eigenvalue weighted by molar-refractivity contribution is 5.90. The molecule has 0 radical (unpaired) electrons. The summed E-state index contributed by atoms with van der Waals surface area (Å²) in [5.41, 5.74) is 3.97. The van der Waals surface area contributed by atoms with Crippen molar-refractivity contribution in [3.8, 4) is 5.75 Å². The van der Waals surface area contributed by atoms with Gasteiger partial charge in [-0.05, 0) is 31.7 Å². The highest BCUT2D eigenvalue weighted by Crippen LogP contribution is 2.48. The minimum Gasteiger partial charge on any atom is -0.494 e. The summed E-state index contributed by atoms with van der Waals surface area (Å²) in [4.78, 5) is 44.9. The lowest BCUT2D eigenvalue weighted by Gasteiger charge is -2.38. The predicted octanol–water partition coefficient (Wildman–Crippen LogP) is 2.46. The van der Waals surface area contributed by atoms with Gasteiger partial charge in [0.1, 0.15) is 11.4 Å². The Kier molecular flexibility index (Phi) is 6.82. The van der Waals surface area contributed by atoms with E-state index >= 15 is 0 Å². The SMILES string of the molecule is COc1cc(C2(C(N)=O)CC2)ncc1N1CCC(N(C)C(=O)Nc2cc(C(F)(F)F)cn(C)c2=O)CC1. The molecular formula is C24H29F3N6O4. The highest BCUT2D eigenvalue weighted by atomic mass is 19.4. The van der Waals surface area contributed by atoms with Crippen LogP contribution < -0.4 is 26.2 Å². The van der Waals surface area contributed by atoms with Crippen molar-refractivity contribution < 1.29 is 27.5 Å². The van der Waals surface area contributed by atoms with Gasteiger partial charge in [0.05, 0.1) is 35.7 Å². The first-order valence-electron chi connectivity index (χ1n) is 11.8. The normalized spacial score (nSPS) is 17.3. The third kappa shape index (κ3) is 5.07. The number of nitrogens with two attached hydrogens (primary N) is 1. The van der Waals surface area contributed by atoms with Gasteiger partial charge in [0.25, 0.3) is 5.56 Å². The Morgan fingerprint density at radius 1 is 1.24 bits per heavy atom. The van der Waals surface area contributed by atoms with Crippen molar-refractivity contribution in [2.45, 2.75) is 43.3 Å². The van der Waals surface area contributed by atoms with Gasteiger partial charge in [-0.15, -0.1) is 0 Å². The molecule has 2 aromatic rings. The van der Waals surface area contributed by atoms with Crippen LogP contribution in [0, 0.1) is 0 Å². The molecule has 2 aliphatic rings. The molecule has 13 heteroatoms. The lowest BCUT2D eigenvalue weighted by atomic mass is 10.00. The maximum Gasteiger partial charge on any atom is 0.417 e. The van der Waals surface area contributed by atoms with Crippen LogP contribution in [0.25, 0.3) is 0 Å².